The van der Waals surface area contributed by atoms with Crippen molar-refractivity contribution in [2.24, 2.45) is 4.99 Å². The van der Waals surface area contributed by atoms with E-state index in [-0.39, 0.29) is 5.91 Å². The highest BCUT2D eigenvalue weighted by Crippen LogP contribution is 2.13. The minimum Gasteiger partial charge on any atom is -0.352 e. The van der Waals surface area contributed by atoms with Gasteiger partial charge in [0.15, 0.2) is 5.96 Å². The summed E-state index contributed by atoms with van der Waals surface area (Å²) in [6.07, 6.45) is 1.85. The minimum absolute atomic E-state index is 0.0937. The van der Waals surface area contributed by atoms with Crippen molar-refractivity contribution in [3.63, 3.8) is 0 Å². The predicted octanol–water partition coefficient (Wildman–Crippen LogP) is 2.46. The number of aliphatic imine (C=N–C) groups is 1. The van der Waals surface area contributed by atoms with E-state index >= 15 is 0 Å². The lowest BCUT2D eigenvalue weighted by Crippen LogP contribution is -2.54. The Bertz CT molecular complexity index is 804. The molecule has 1 saturated heterocycles. The largest absolute Gasteiger partial charge is 0.352 e. The number of nitrogens with one attached hydrogen (secondary N) is 1. The highest BCUT2D eigenvalue weighted by atomic mass is 35.5. The second-order valence-corrected chi connectivity index (χ2v) is 7.01. The molecular formula is C20H24ClN5O. The van der Waals surface area contributed by atoms with Crippen molar-refractivity contribution in [1.82, 2.24) is 20.1 Å². The maximum atomic E-state index is 12.6. The van der Waals surface area contributed by atoms with E-state index in [0.29, 0.717) is 31.2 Å². The van der Waals surface area contributed by atoms with Gasteiger partial charge >= 0.3 is 0 Å². The van der Waals surface area contributed by atoms with Gasteiger partial charge in [0.2, 0.25) is 5.91 Å². The number of benzene rings is 1. The number of piperazine rings is 1. The molecule has 0 bridgehead atoms. The lowest BCUT2D eigenvalue weighted by molar-refractivity contribution is -0.135. The summed E-state index contributed by atoms with van der Waals surface area (Å²) >= 11 is 5.92. The van der Waals surface area contributed by atoms with Crippen LogP contribution in [0.15, 0.2) is 47.6 Å². The van der Waals surface area contributed by atoms with Gasteiger partial charge in [-0.2, -0.15) is 0 Å². The first kappa shape index (κ1) is 19.2. The van der Waals surface area contributed by atoms with Crippen molar-refractivity contribution in [1.29, 1.82) is 0 Å². The molecule has 1 aliphatic heterocycles. The summed E-state index contributed by atoms with van der Waals surface area (Å²) in [5.74, 6) is 0.825. The second kappa shape index (κ2) is 8.86. The molecule has 1 aliphatic rings. The Hall–Kier alpha value is -2.60. The maximum absolute atomic E-state index is 12.6. The van der Waals surface area contributed by atoms with Crippen LogP contribution in [0.25, 0.3) is 0 Å². The van der Waals surface area contributed by atoms with Crippen LogP contribution in [0.4, 0.5) is 0 Å². The molecule has 0 unspecified atom stereocenters. The van der Waals surface area contributed by atoms with Gasteiger partial charge in [0.05, 0.1) is 6.54 Å². The Kier molecular flexibility index (Phi) is 6.29. The van der Waals surface area contributed by atoms with Gasteiger partial charge in [0, 0.05) is 50.1 Å². The lowest BCUT2D eigenvalue weighted by Gasteiger charge is -2.36. The number of halogens is 1. The fourth-order valence-electron chi connectivity index (χ4n) is 2.98. The van der Waals surface area contributed by atoms with Crippen molar-refractivity contribution in [3.8, 4) is 0 Å². The third-order valence-corrected chi connectivity index (χ3v) is 4.79. The van der Waals surface area contributed by atoms with Crippen LogP contribution in [-0.2, 0) is 17.9 Å². The van der Waals surface area contributed by atoms with Gasteiger partial charge in [-0.1, -0.05) is 29.8 Å². The van der Waals surface area contributed by atoms with Crippen LogP contribution in [-0.4, -0.2) is 53.3 Å². The van der Waals surface area contributed by atoms with E-state index in [1.807, 2.05) is 59.3 Å². The topological polar surface area (TPSA) is 60.8 Å². The number of pyridine rings is 1. The average molecular weight is 386 g/mol. The number of amides is 1. The molecule has 2 heterocycles. The summed E-state index contributed by atoms with van der Waals surface area (Å²) in [4.78, 5) is 25.1. The molecule has 7 heteroatoms. The Morgan fingerprint density at radius 1 is 1.19 bits per heavy atom. The first-order valence-corrected chi connectivity index (χ1v) is 9.32. The fourth-order valence-corrected chi connectivity index (χ4v) is 3.11. The number of rotatable bonds is 4. The third-order valence-electron chi connectivity index (χ3n) is 4.54. The van der Waals surface area contributed by atoms with Crippen molar-refractivity contribution < 1.29 is 4.79 Å². The van der Waals surface area contributed by atoms with Crippen LogP contribution < -0.4 is 5.32 Å². The molecule has 0 spiro atoms. The molecule has 6 nitrogen and oxygen atoms in total. The van der Waals surface area contributed by atoms with Crippen molar-refractivity contribution >= 4 is 23.5 Å². The van der Waals surface area contributed by atoms with E-state index in [1.54, 1.807) is 7.05 Å². The van der Waals surface area contributed by atoms with Gasteiger partial charge in [-0.25, -0.2) is 0 Å². The number of nitrogens with zero attached hydrogens (tertiary/aromatic N) is 4. The van der Waals surface area contributed by atoms with Gasteiger partial charge < -0.3 is 15.1 Å². The van der Waals surface area contributed by atoms with E-state index in [4.69, 9.17) is 11.6 Å². The van der Waals surface area contributed by atoms with Crippen LogP contribution in [0.3, 0.4) is 0 Å². The summed E-state index contributed by atoms with van der Waals surface area (Å²) < 4.78 is 0. The molecule has 2 aromatic rings. The summed E-state index contributed by atoms with van der Waals surface area (Å²) in [6, 6.07) is 11.6. The monoisotopic (exact) mass is 385 g/mol. The Labute approximate surface area is 164 Å². The van der Waals surface area contributed by atoms with Gasteiger partial charge in [0.25, 0.3) is 0 Å². The molecule has 0 aliphatic carbocycles. The summed E-state index contributed by atoms with van der Waals surface area (Å²) in [5, 5.41) is 4.02. The predicted molar refractivity (Wildman–Crippen MR) is 108 cm³/mol. The summed E-state index contributed by atoms with van der Waals surface area (Å²) in [7, 11) is 1.74. The smallest absolute Gasteiger partial charge is 0.242 e. The number of carbonyl (C=O) groups is 1. The first-order chi connectivity index (χ1) is 13.0. The van der Waals surface area contributed by atoms with Crippen molar-refractivity contribution in [3.05, 3.63) is 64.4 Å². The molecule has 1 fully saturated rings. The third kappa shape index (κ3) is 5.20. The molecule has 1 aromatic carbocycles. The molecular weight excluding hydrogens is 362 g/mol. The fraction of sp³-hybridized carbons (Fsp3) is 0.350. The van der Waals surface area contributed by atoms with E-state index in [2.05, 4.69) is 15.3 Å². The minimum atomic E-state index is 0.0937. The van der Waals surface area contributed by atoms with Crippen molar-refractivity contribution in [2.75, 3.05) is 26.7 Å². The number of aryl methyl sites for hydroxylation is 1. The van der Waals surface area contributed by atoms with E-state index in [1.165, 1.54) is 0 Å². The maximum Gasteiger partial charge on any atom is 0.242 e. The highest BCUT2D eigenvalue weighted by molar-refractivity contribution is 6.30. The van der Waals surface area contributed by atoms with Crippen LogP contribution in [0, 0.1) is 6.92 Å². The van der Waals surface area contributed by atoms with Crippen LogP contribution >= 0.6 is 11.6 Å². The number of hydrogen-bond donors (Lipinski definition) is 1. The normalized spacial score (nSPS) is 15.2. The lowest BCUT2D eigenvalue weighted by atomic mass is 10.2. The molecule has 142 valence electrons. The number of guanidine groups is 1. The average Bonchev–Trinajstić information content (AvgIpc) is 2.67. The van der Waals surface area contributed by atoms with Gasteiger partial charge in [-0.15, -0.1) is 0 Å². The SMILES string of the molecule is CN=C(NCc1ccc(C)nc1)N1CCN(Cc2ccc(Cl)cc2)C(=O)C1. The molecule has 1 amide bonds. The van der Waals surface area contributed by atoms with Crippen molar-refractivity contribution in [2.45, 2.75) is 20.0 Å². The number of carbonyl (C=O) groups excluding carboxylic acids is 1. The highest BCUT2D eigenvalue weighted by Gasteiger charge is 2.25. The molecule has 1 aromatic heterocycles. The molecule has 1 N–H and O–H groups in total. The Balaban J connectivity index is 1.54. The van der Waals surface area contributed by atoms with Crippen LogP contribution in [0.2, 0.25) is 5.02 Å². The number of aromatic nitrogens is 1. The van der Waals surface area contributed by atoms with Crippen LogP contribution in [0.5, 0.6) is 0 Å². The van der Waals surface area contributed by atoms with E-state index in [9.17, 15) is 4.79 Å². The second-order valence-electron chi connectivity index (χ2n) is 6.57. The van der Waals surface area contributed by atoms with E-state index in [0.717, 1.165) is 29.3 Å². The zero-order chi connectivity index (χ0) is 19.2. The number of hydrogen-bond acceptors (Lipinski definition) is 3. The van der Waals surface area contributed by atoms with Gasteiger partial charge in [-0.3, -0.25) is 14.8 Å². The summed E-state index contributed by atoms with van der Waals surface area (Å²) in [6.45, 7) is 4.91. The molecule has 0 radical (unpaired) electrons. The van der Waals surface area contributed by atoms with E-state index < -0.39 is 0 Å². The molecule has 0 atom stereocenters. The summed E-state index contributed by atoms with van der Waals surface area (Å²) in [5.41, 5.74) is 3.15. The molecule has 27 heavy (non-hydrogen) atoms. The van der Waals surface area contributed by atoms with Gasteiger partial charge in [-0.05, 0) is 36.2 Å². The van der Waals surface area contributed by atoms with Crippen LogP contribution in [0.1, 0.15) is 16.8 Å². The quantitative estimate of drug-likeness (QED) is 0.648. The standard InChI is InChI=1S/C20H24ClN5O/c1-15-3-4-17(11-23-15)12-24-20(22-2)26-10-9-25(19(27)14-26)13-16-5-7-18(21)8-6-16/h3-8,11H,9-10,12-14H2,1-2H3,(H,22,24). The van der Waals surface area contributed by atoms with Gasteiger partial charge in [0.1, 0.15) is 0 Å². The Morgan fingerprint density at radius 2 is 1.93 bits per heavy atom. The zero-order valence-electron chi connectivity index (χ0n) is 15.7. The Morgan fingerprint density at radius 3 is 2.56 bits per heavy atom. The molecule has 3 rings (SSSR count). The first-order valence-electron chi connectivity index (χ1n) is 8.94. The zero-order valence-corrected chi connectivity index (χ0v) is 16.4. The molecule has 0 saturated carbocycles.